The fraction of sp³-hybridized carbons (Fsp3) is 0.138. The molecule has 362 valence electrons. The summed E-state index contributed by atoms with van der Waals surface area (Å²) in [6.45, 7) is 0. The molecule has 4 N–H and O–H groups in total. The normalized spacial score (nSPS) is 12.6. The number of carbonyl (C=O) groups is 2. The van der Waals surface area contributed by atoms with Gasteiger partial charge in [0.15, 0.2) is 6.29 Å². The van der Waals surface area contributed by atoms with Crippen LogP contribution < -0.4 is 47.5 Å². The van der Waals surface area contributed by atoms with Gasteiger partial charge in [-0.2, -0.15) is 0 Å². The average molecular weight is 1190 g/mol. The van der Waals surface area contributed by atoms with E-state index >= 15 is 0 Å². The number of benzene rings is 8. The third kappa shape index (κ3) is 17.2. The van der Waals surface area contributed by atoms with E-state index in [-0.39, 0.29) is 60.4 Å². The number of aliphatic carboxylic acids is 1. The van der Waals surface area contributed by atoms with Gasteiger partial charge in [-0.05, 0) is 98.8 Å². The first kappa shape index (κ1) is 56.1. The summed E-state index contributed by atoms with van der Waals surface area (Å²) in [5.74, 6) is -2.01. The van der Waals surface area contributed by atoms with Crippen molar-refractivity contribution in [3.05, 3.63) is 243 Å². The Balaban J connectivity index is 0.000000208. The predicted molar refractivity (Wildman–Crippen MR) is 291 cm³/mol. The van der Waals surface area contributed by atoms with Gasteiger partial charge in [0.1, 0.15) is 24.4 Å². The molecular weight excluding hydrogens is 1130 g/mol. The molecule has 0 heterocycles. The first-order chi connectivity index (χ1) is 33.7. The third-order valence-corrected chi connectivity index (χ3v) is 21.8. The number of aliphatic hydroxyl groups is 4. The molecule has 0 spiro atoms. The van der Waals surface area contributed by atoms with Crippen LogP contribution in [0.5, 0.6) is 0 Å². The topological polar surface area (TPSA) is 138 Å². The summed E-state index contributed by atoms with van der Waals surface area (Å²) in [4.78, 5) is 19.8. The molecule has 0 aromatic heterocycles. The van der Waals surface area contributed by atoms with Crippen LogP contribution in [0.4, 0.5) is 0 Å². The van der Waals surface area contributed by atoms with Crippen LogP contribution in [0.15, 0.2) is 243 Å². The van der Waals surface area contributed by atoms with E-state index in [2.05, 4.69) is 243 Å². The molecule has 8 aromatic rings. The van der Waals surface area contributed by atoms with Crippen LogP contribution in [-0.4, -0.2) is 81.7 Å². The van der Waals surface area contributed by atoms with Gasteiger partial charge in [0.05, 0.1) is 5.97 Å². The van der Waals surface area contributed by atoms with Gasteiger partial charge in [-0.25, -0.2) is 0 Å². The van der Waals surface area contributed by atoms with Gasteiger partial charge in [0.25, 0.3) is 0 Å². The maximum Gasteiger partial charge on any atom is 1.00 e. The molecule has 0 saturated heterocycles. The van der Waals surface area contributed by atoms with Crippen molar-refractivity contribution in [3.63, 3.8) is 0 Å². The fourth-order valence-electron chi connectivity index (χ4n) is 7.50. The van der Waals surface area contributed by atoms with Crippen LogP contribution in [0.1, 0.15) is 0 Å². The second-order valence-corrected chi connectivity index (χ2v) is 25.0. The minimum atomic E-state index is -2.36. The van der Waals surface area contributed by atoms with Crippen LogP contribution in [0, 0.1) is 0 Å². The second-order valence-electron chi connectivity index (χ2n) is 15.7. The third-order valence-electron chi connectivity index (χ3n) is 11.0. The first-order valence-electron chi connectivity index (χ1n) is 22.6. The zero-order chi connectivity index (χ0) is 48.6. The molecule has 12 heteroatoms. The van der Waals surface area contributed by atoms with E-state index in [1.807, 2.05) is 0 Å². The van der Waals surface area contributed by atoms with Gasteiger partial charge in [0.2, 0.25) is 0 Å². The molecule has 70 heavy (non-hydrogen) atoms. The summed E-state index contributed by atoms with van der Waals surface area (Å²) in [5.41, 5.74) is 0. The molecule has 0 amide bonds. The van der Waals surface area contributed by atoms with Gasteiger partial charge < -0.3 is 35.1 Å². The van der Waals surface area contributed by atoms with Crippen molar-refractivity contribution in [3.8, 4) is 0 Å². The number of carboxylic acid groups (broad SMARTS) is 1. The molecule has 0 fully saturated rings. The monoisotopic (exact) mass is 1190 g/mol. The Hall–Kier alpha value is -4.80. The van der Waals surface area contributed by atoms with E-state index in [0.29, 0.717) is 0 Å². The van der Waals surface area contributed by atoms with Crippen molar-refractivity contribution in [1.29, 1.82) is 0 Å². The molecule has 8 aromatic carbocycles. The van der Waals surface area contributed by atoms with E-state index in [1.165, 1.54) is 67.1 Å². The maximum absolute atomic E-state index is 9.95. The van der Waals surface area contributed by atoms with Gasteiger partial charge in [-0.3, -0.25) is 0 Å². The van der Waals surface area contributed by atoms with Crippen LogP contribution in [0.3, 0.4) is 0 Å². The molecular formula is C58H57AuO7P4. The molecule has 0 saturated carbocycles. The predicted octanol–water partition coefficient (Wildman–Crippen LogP) is 5.88. The molecule has 0 bridgehead atoms. The molecule has 0 radical (unpaired) electrons. The Morgan fingerprint density at radius 3 is 0.671 bits per heavy atom. The Labute approximate surface area is 432 Å². The smallest absolute Gasteiger partial charge is 0.547 e. The molecule has 0 aliphatic carbocycles. The number of rotatable bonds is 19. The van der Waals surface area contributed by atoms with E-state index in [9.17, 15) is 14.7 Å². The quantitative estimate of drug-likeness (QED) is 0.0451. The van der Waals surface area contributed by atoms with Crippen LogP contribution in [0.2, 0.25) is 0 Å². The van der Waals surface area contributed by atoms with Crippen molar-refractivity contribution in [2.75, 3.05) is 24.6 Å². The molecule has 0 aliphatic heterocycles. The number of carboxylic acids is 1. The SMILES string of the molecule is O=C[C@H](O)[C@@H](O)[C@H](O)[C@H](O)C(=O)[O-].[Au+].c1ccc(P(CCP(c2ccccc2)c2ccccc2)c2ccccc2)cc1.c1ccc(P(CCP(c2ccccc2)c2ccccc2)c2ccccc2)cc1. The standard InChI is InChI=1S/2C26H24P2.C6H10O7.Au/c2*1-5-13-23(14-6-1)27(24-15-7-2-8-16-24)21-22-28(25-17-9-3-10-18-25)26-19-11-4-12-20-26;7-1-2(8)3(9)4(10)5(11)6(12)13;/h2*1-20H,21-22H2;1-5,8-11H,(H,12,13);/q;;;+1/p-1/t;;2-,3+,4-,5-;/m..0./s1. The average Bonchev–Trinajstić information content (AvgIpc) is 3.42. The Bertz CT molecular complexity index is 2160. The zero-order valence-corrected chi connectivity index (χ0v) is 44.2. The maximum atomic E-state index is 9.95. The Morgan fingerprint density at radius 1 is 0.357 bits per heavy atom. The number of aliphatic hydroxyl groups excluding tert-OH is 4. The van der Waals surface area contributed by atoms with Crippen LogP contribution >= 0.6 is 31.7 Å². The molecule has 7 nitrogen and oxygen atoms in total. The van der Waals surface area contributed by atoms with E-state index in [4.69, 9.17) is 20.4 Å². The Morgan fingerprint density at radius 2 is 0.529 bits per heavy atom. The van der Waals surface area contributed by atoms with Crippen molar-refractivity contribution in [2.24, 2.45) is 0 Å². The molecule has 4 atom stereocenters. The molecule has 0 unspecified atom stereocenters. The fourth-order valence-corrected chi connectivity index (χ4v) is 18.2. The summed E-state index contributed by atoms with van der Waals surface area (Å²) in [5, 5.41) is 56.6. The van der Waals surface area contributed by atoms with Gasteiger partial charge in [-0.1, -0.05) is 243 Å². The van der Waals surface area contributed by atoms with Gasteiger partial charge in [-0.15, -0.1) is 0 Å². The minimum absolute atomic E-state index is 0. The van der Waals surface area contributed by atoms with E-state index in [0.717, 1.165) is 0 Å². The van der Waals surface area contributed by atoms with Crippen molar-refractivity contribution >= 4 is 86.4 Å². The summed E-state index contributed by atoms with van der Waals surface area (Å²) >= 11 is 0. The Kier molecular flexibility index (Phi) is 24.7. The van der Waals surface area contributed by atoms with Crippen molar-refractivity contribution in [1.82, 2.24) is 0 Å². The van der Waals surface area contributed by atoms with Gasteiger partial charge in [0, 0.05) is 0 Å². The zero-order valence-electron chi connectivity index (χ0n) is 38.4. The minimum Gasteiger partial charge on any atom is -0.547 e. The number of hydrogen-bond donors (Lipinski definition) is 4. The summed E-state index contributed by atoms with van der Waals surface area (Å²) in [6.07, 6.45) is -3.82. The number of carbonyl (C=O) groups excluding carboxylic acids is 2. The largest absolute Gasteiger partial charge is 1.00 e. The summed E-state index contributed by atoms with van der Waals surface area (Å²) in [7, 11) is -1.39. The van der Waals surface area contributed by atoms with E-state index < -0.39 is 30.4 Å². The molecule has 8 rings (SSSR count). The number of aldehydes is 1. The van der Waals surface area contributed by atoms with Crippen LogP contribution in [-0.2, 0) is 32.0 Å². The summed E-state index contributed by atoms with van der Waals surface area (Å²) in [6, 6.07) is 88.4. The van der Waals surface area contributed by atoms with E-state index in [1.54, 1.807) is 0 Å². The second kappa shape index (κ2) is 30.8. The summed E-state index contributed by atoms with van der Waals surface area (Å²) < 4.78 is 0. The molecule has 0 aliphatic rings. The van der Waals surface area contributed by atoms with Crippen LogP contribution in [0.25, 0.3) is 0 Å². The van der Waals surface area contributed by atoms with Crippen molar-refractivity contribution in [2.45, 2.75) is 24.4 Å². The first-order valence-corrected chi connectivity index (χ1v) is 28.7. The van der Waals surface area contributed by atoms with Crippen molar-refractivity contribution < 1.29 is 57.5 Å². The van der Waals surface area contributed by atoms with Gasteiger partial charge >= 0.3 is 22.4 Å². The number of hydrogen-bond acceptors (Lipinski definition) is 7.